The van der Waals surface area contributed by atoms with Crippen LogP contribution >= 0.6 is 0 Å². The second-order valence-corrected chi connectivity index (χ2v) is 7.79. The molecule has 1 saturated heterocycles. The van der Waals surface area contributed by atoms with Crippen LogP contribution in [0.1, 0.15) is 24.4 Å². The van der Waals surface area contributed by atoms with E-state index in [0.717, 1.165) is 42.8 Å². The summed E-state index contributed by atoms with van der Waals surface area (Å²) in [5.41, 5.74) is 4.19. The Morgan fingerprint density at radius 1 is 1.03 bits per heavy atom. The number of carboxylic acid groups (broad SMARTS) is 1. The van der Waals surface area contributed by atoms with Gasteiger partial charge in [0.15, 0.2) is 0 Å². The highest BCUT2D eigenvalue weighted by molar-refractivity contribution is 5.73. The van der Waals surface area contributed by atoms with Gasteiger partial charge in [0.05, 0.1) is 24.3 Å². The maximum absolute atomic E-state index is 14.6. The van der Waals surface area contributed by atoms with Crippen molar-refractivity contribution in [3.63, 3.8) is 0 Å². The SMILES string of the molecule is Fc1cccc2c1C(C1CCN(c3ccccc3)CC1)n1cncc1-2.O=C(O)C(F)(F)F. The molecule has 1 atom stereocenters. The lowest BCUT2D eigenvalue weighted by atomic mass is 9.85. The van der Waals surface area contributed by atoms with Crippen molar-refractivity contribution in [1.82, 2.24) is 9.55 Å². The van der Waals surface area contributed by atoms with E-state index in [1.54, 1.807) is 12.1 Å². The number of imidazole rings is 1. The van der Waals surface area contributed by atoms with E-state index in [9.17, 15) is 17.6 Å². The third kappa shape index (κ3) is 4.19. The van der Waals surface area contributed by atoms with Gasteiger partial charge >= 0.3 is 12.1 Å². The van der Waals surface area contributed by atoms with Crippen LogP contribution in [0.3, 0.4) is 0 Å². The van der Waals surface area contributed by atoms with Crippen molar-refractivity contribution in [2.75, 3.05) is 18.0 Å². The molecule has 2 aliphatic rings. The van der Waals surface area contributed by atoms with Gasteiger partial charge in [-0.1, -0.05) is 30.3 Å². The molecule has 3 aromatic rings. The number of piperidine rings is 1. The van der Waals surface area contributed by atoms with Crippen LogP contribution in [0.2, 0.25) is 0 Å². The number of alkyl halides is 3. The van der Waals surface area contributed by atoms with Crippen LogP contribution < -0.4 is 4.90 Å². The van der Waals surface area contributed by atoms with Gasteiger partial charge in [-0.25, -0.2) is 14.2 Å². The Morgan fingerprint density at radius 2 is 1.69 bits per heavy atom. The molecule has 0 spiro atoms. The standard InChI is InChI=1S/C21H20FN3.C2HF3O2/c22-18-8-4-7-17-19-13-23-14-25(19)21(20(17)18)15-9-11-24(12-10-15)16-5-2-1-3-6-16;3-2(4,5)1(6)7/h1-8,13-15,21H,9-12H2;(H,6,7). The minimum Gasteiger partial charge on any atom is -0.475 e. The highest BCUT2D eigenvalue weighted by Crippen LogP contribution is 2.46. The molecule has 2 aliphatic heterocycles. The topological polar surface area (TPSA) is 58.4 Å². The molecule has 0 saturated carbocycles. The van der Waals surface area contributed by atoms with Crippen LogP contribution in [0.25, 0.3) is 11.3 Å². The van der Waals surface area contributed by atoms with Gasteiger partial charge in [-0.2, -0.15) is 13.2 Å². The number of rotatable bonds is 2. The van der Waals surface area contributed by atoms with E-state index in [1.165, 1.54) is 5.69 Å². The first-order valence-electron chi connectivity index (χ1n) is 10.2. The molecule has 2 aromatic carbocycles. The number of carboxylic acids is 1. The van der Waals surface area contributed by atoms with E-state index in [1.807, 2.05) is 18.6 Å². The van der Waals surface area contributed by atoms with Crippen LogP contribution in [-0.2, 0) is 4.79 Å². The monoisotopic (exact) mass is 447 g/mol. The Hall–Kier alpha value is -3.36. The Morgan fingerprint density at radius 3 is 2.31 bits per heavy atom. The first-order chi connectivity index (χ1) is 15.3. The summed E-state index contributed by atoms with van der Waals surface area (Å²) < 4.78 is 48.5. The summed E-state index contributed by atoms with van der Waals surface area (Å²) >= 11 is 0. The normalized spacial score (nSPS) is 17.9. The highest BCUT2D eigenvalue weighted by Gasteiger charge is 2.39. The number of halogens is 4. The van der Waals surface area contributed by atoms with Gasteiger partial charge in [-0.3, -0.25) is 0 Å². The van der Waals surface area contributed by atoms with Gasteiger partial charge in [-0.15, -0.1) is 0 Å². The summed E-state index contributed by atoms with van der Waals surface area (Å²) in [6.07, 6.45) is 0.760. The fourth-order valence-corrected chi connectivity index (χ4v) is 4.51. The summed E-state index contributed by atoms with van der Waals surface area (Å²) in [6.45, 7) is 2.03. The maximum atomic E-state index is 14.6. The molecule has 168 valence electrons. The number of anilines is 1. The number of carbonyl (C=O) groups is 1. The van der Waals surface area contributed by atoms with Gasteiger partial charge in [0.25, 0.3) is 0 Å². The average molecular weight is 447 g/mol. The first kappa shape index (κ1) is 21.9. The molecule has 1 unspecified atom stereocenters. The van der Waals surface area contributed by atoms with Gasteiger partial charge < -0.3 is 14.6 Å². The van der Waals surface area contributed by atoms with Gasteiger partial charge in [0.2, 0.25) is 0 Å². The Balaban J connectivity index is 0.000000307. The summed E-state index contributed by atoms with van der Waals surface area (Å²) in [4.78, 5) is 15.6. The van der Waals surface area contributed by atoms with E-state index in [-0.39, 0.29) is 11.9 Å². The summed E-state index contributed by atoms with van der Waals surface area (Å²) in [6, 6.07) is 16.0. The highest BCUT2D eigenvalue weighted by atomic mass is 19.4. The molecular weight excluding hydrogens is 426 g/mol. The van der Waals surface area contributed by atoms with Crippen LogP contribution in [0.4, 0.5) is 23.2 Å². The van der Waals surface area contributed by atoms with Crippen molar-refractivity contribution < 1.29 is 27.5 Å². The Bertz CT molecular complexity index is 1090. The van der Waals surface area contributed by atoms with Gasteiger partial charge in [0.1, 0.15) is 5.82 Å². The van der Waals surface area contributed by atoms with Crippen molar-refractivity contribution in [3.05, 3.63) is 72.4 Å². The average Bonchev–Trinajstić information content (AvgIpc) is 3.36. The predicted molar refractivity (Wildman–Crippen MR) is 111 cm³/mol. The number of hydrogen-bond donors (Lipinski definition) is 1. The number of hydrogen-bond acceptors (Lipinski definition) is 3. The summed E-state index contributed by atoms with van der Waals surface area (Å²) in [5.74, 6) is -2.41. The van der Waals surface area contributed by atoms with Crippen molar-refractivity contribution in [3.8, 4) is 11.3 Å². The number of benzene rings is 2. The summed E-state index contributed by atoms with van der Waals surface area (Å²) in [5, 5.41) is 7.12. The maximum Gasteiger partial charge on any atom is 0.490 e. The molecule has 0 radical (unpaired) electrons. The van der Waals surface area contributed by atoms with Crippen molar-refractivity contribution >= 4 is 11.7 Å². The van der Waals surface area contributed by atoms with Crippen LogP contribution in [0.15, 0.2) is 61.1 Å². The molecule has 1 aromatic heterocycles. The van der Waals surface area contributed by atoms with E-state index < -0.39 is 12.1 Å². The quantitative estimate of drug-likeness (QED) is 0.553. The molecule has 0 aliphatic carbocycles. The zero-order valence-corrected chi connectivity index (χ0v) is 17.0. The third-order valence-corrected chi connectivity index (χ3v) is 5.94. The number of fused-ring (bicyclic) bond motifs is 3. The predicted octanol–water partition coefficient (Wildman–Crippen LogP) is 5.14. The number of aromatic nitrogens is 2. The van der Waals surface area contributed by atoms with E-state index in [0.29, 0.717) is 5.92 Å². The van der Waals surface area contributed by atoms with Crippen molar-refractivity contribution in [2.45, 2.75) is 25.1 Å². The van der Waals surface area contributed by atoms with E-state index >= 15 is 0 Å². The van der Waals surface area contributed by atoms with E-state index in [4.69, 9.17) is 9.90 Å². The zero-order valence-electron chi connectivity index (χ0n) is 17.0. The lowest BCUT2D eigenvalue weighted by Gasteiger charge is -2.37. The Labute approximate surface area is 181 Å². The molecule has 9 heteroatoms. The smallest absolute Gasteiger partial charge is 0.475 e. The fraction of sp³-hybridized carbons (Fsp3) is 0.304. The summed E-state index contributed by atoms with van der Waals surface area (Å²) in [7, 11) is 0. The second-order valence-electron chi connectivity index (χ2n) is 7.79. The third-order valence-electron chi connectivity index (χ3n) is 5.94. The molecule has 3 heterocycles. The molecule has 1 N–H and O–H groups in total. The van der Waals surface area contributed by atoms with Crippen molar-refractivity contribution in [2.24, 2.45) is 5.92 Å². The lowest BCUT2D eigenvalue weighted by Crippen LogP contribution is -2.36. The number of nitrogens with zero attached hydrogens (tertiary/aromatic N) is 3. The lowest BCUT2D eigenvalue weighted by molar-refractivity contribution is -0.192. The minimum absolute atomic E-state index is 0.0756. The first-order valence-corrected chi connectivity index (χ1v) is 10.2. The zero-order chi connectivity index (χ0) is 22.9. The fourth-order valence-electron chi connectivity index (χ4n) is 4.51. The van der Waals surface area contributed by atoms with Gasteiger partial charge in [0, 0.05) is 29.9 Å². The van der Waals surface area contributed by atoms with Crippen LogP contribution in [0, 0.1) is 11.7 Å². The largest absolute Gasteiger partial charge is 0.490 e. The van der Waals surface area contributed by atoms with Crippen LogP contribution in [0.5, 0.6) is 0 Å². The molecule has 5 nitrogen and oxygen atoms in total. The molecule has 1 fully saturated rings. The number of para-hydroxylation sites is 1. The molecular formula is C23H21F4N3O2. The van der Waals surface area contributed by atoms with E-state index in [2.05, 4.69) is 44.8 Å². The van der Waals surface area contributed by atoms with Crippen LogP contribution in [-0.4, -0.2) is 39.9 Å². The molecule has 0 bridgehead atoms. The van der Waals surface area contributed by atoms with Crippen molar-refractivity contribution in [1.29, 1.82) is 0 Å². The second kappa shape index (κ2) is 8.64. The minimum atomic E-state index is -5.08. The van der Waals surface area contributed by atoms with Gasteiger partial charge in [-0.05, 0) is 37.0 Å². The number of aliphatic carboxylic acids is 1. The molecule has 5 rings (SSSR count). The molecule has 0 amide bonds. The molecule has 32 heavy (non-hydrogen) atoms. The Kier molecular flexibility index (Phi) is 5.90.